The Labute approximate surface area is 118 Å². The number of nitrogens with zero attached hydrogens (tertiary/aromatic N) is 1. The van der Waals surface area contributed by atoms with Gasteiger partial charge in [-0.05, 0) is 55.4 Å². The normalized spacial score (nSPS) is 39.4. The van der Waals surface area contributed by atoms with Crippen LogP contribution in [0.25, 0.3) is 0 Å². The predicted octanol–water partition coefficient (Wildman–Crippen LogP) is 3.53. The molecule has 2 nitrogen and oxygen atoms in total. The molecule has 1 heterocycles. The molecule has 5 atom stereocenters. The molecule has 100 valence electrons. The van der Waals surface area contributed by atoms with Gasteiger partial charge >= 0.3 is 0 Å². The second-order valence-corrected chi connectivity index (χ2v) is 7.55. The van der Waals surface area contributed by atoms with Gasteiger partial charge in [0.2, 0.25) is 0 Å². The van der Waals surface area contributed by atoms with Crippen molar-refractivity contribution in [2.75, 3.05) is 0 Å². The van der Waals surface area contributed by atoms with Crippen LogP contribution in [-0.2, 0) is 6.54 Å². The van der Waals surface area contributed by atoms with Crippen LogP contribution in [0.2, 0.25) is 0 Å². The number of hydrogen-bond acceptors (Lipinski definition) is 3. The van der Waals surface area contributed by atoms with Gasteiger partial charge in [-0.25, -0.2) is 0 Å². The van der Waals surface area contributed by atoms with Crippen molar-refractivity contribution in [2.24, 2.45) is 23.7 Å². The molecule has 0 aliphatic heterocycles. The summed E-state index contributed by atoms with van der Waals surface area (Å²) in [7, 11) is 0. The van der Waals surface area contributed by atoms with E-state index in [-0.39, 0.29) is 0 Å². The number of hydrogen-bond donors (Lipinski definition) is 1. The van der Waals surface area contributed by atoms with Gasteiger partial charge in [0.25, 0.3) is 0 Å². The van der Waals surface area contributed by atoms with Crippen LogP contribution in [0.4, 0.5) is 0 Å². The van der Waals surface area contributed by atoms with Crippen LogP contribution in [0.3, 0.4) is 0 Å². The van der Waals surface area contributed by atoms with Gasteiger partial charge in [0, 0.05) is 22.8 Å². The summed E-state index contributed by atoms with van der Waals surface area (Å²) in [6.45, 7) is 0.956. The number of fused-ring (bicyclic) bond motifs is 5. The van der Waals surface area contributed by atoms with Crippen LogP contribution in [0.1, 0.15) is 42.5 Å². The van der Waals surface area contributed by atoms with Crippen LogP contribution in [0, 0.1) is 35.0 Å². The van der Waals surface area contributed by atoms with Gasteiger partial charge in [-0.1, -0.05) is 6.42 Å². The number of thiophene rings is 1. The Morgan fingerprint density at radius 1 is 1.26 bits per heavy atom. The highest BCUT2D eigenvalue weighted by atomic mass is 32.1. The lowest BCUT2D eigenvalue weighted by Gasteiger charge is -2.32. The summed E-state index contributed by atoms with van der Waals surface area (Å²) in [6.07, 6.45) is 7.37. The Balaban J connectivity index is 1.38. The molecule has 5 unspecified atom stereocenters. The fourth-order valence-electron chi connectivity index (χ4n) is 5.07. The lowest BCUT2D eigenvalue weighted by molar-refractivity contribution is 0.208. The van der Waals surface area contributed by atoms with Gasteiger partial charge in [-0.2, -0.15) is 5.26 Å². The van der Waals surface area contributed by atoms with E-state index in [1.54, 1.807) is 11.3 Å². The van der Waals surface area contributed by atoms with Crippen molar-refractivity contribution in [2.45, 2.75) is 44.7 Å². The molecular formula is C16H20N2S. The summed E-state index contributed by atoms with van der Waals surface area (Å²) in [5.41, 5.74) is 0.811. The van der Waals surface area contributed by atoms with E-state index in [0.29, 0.717) is 0 Å². The molecule has 0 saturated heterocycles. The van der Waals surface area contributed by atoms with E-state index < -0.39 is 0 Å². The van der Waals surface area contributed by atoms with E-state index in [0.717, 1.165) is 41.8 Å². The third-order valence-corrected chi connectivity index (χ3v) is 6.69. The third kappa shape index (κ3) is 1.93. The second kappa shape index (κ2) is 4.61. The van der Waals surface area contributed by atoms with Crippen molar-refractivity contribution in [3.63, 3.8) is 0 Å². The minimum atomic E-state index is 0.747. The van der Waals surface area contributed by atoms with Gasteiger partial charge in [0.15, 0.2) is 0 Å². The first kappa shape index (κ1) is 11.9. The van der Waals surface area contributed by atoms with Crippen molar-refractivity contribution >= 4 is 11.3 Å². The maximum Gasteiger partial charge on any atom is 0.100 e. The molecule has 4 rings (SSSR count). The Kier molecular flexibility index (Phi) is 2.90. The molecule has 3 heteroatoms. The maximum absolute atomic E-state index is 8.86. The van der Waals surface area contributed by atoms with Gasteiger partial charge < -0.3 is 5.32 Å². The number of nitriles is 1. The average molecular weight is 272 g/mol. The molecule has 0 aromatic carbocycles. The number of nitrogens with one attached hydrogen (secondary N) is 1. The van der Waals surface area contributed by atoms with Crippen molar-refractivity contribution in [1.82, 2.24) is 5.32 Å². The predicted molar refractivity (Wildman–Crippen MR) is 76.7 cm³/mol. The van der Waals surface area contributed by atoms with Crippen molar-refractivity contribution in [3.05, 3.63) is 21.9 Å². The van der Waals surface area contributed by atoms with Gasteiger partial charge in [0.1, 0.15) is 6.07 Å². The summed E-state index contributed by atoms with van der Waals surface area (Å²) in [5, 5.41) is 14.6. The van der Waals surface area contributed by atoms with Crippen LogP contribution in [-0.4, -0.2) is 6.04 Å². The first-order valence-corrected chi connectivity index (χ1v) is 8.44. The van der Waals surface area contributed by atoms with Crippen LogP contribution in [0.5, 0.6) is 0 Å². The maximum atomic E-state index is 8.86. The highest BCUT2D eigenvalue weighted by Crippen LogP contribution is 2.58. The standard InChI is InChI=1S/C16H20N2S/c17-7-10-4-12(19-9-10)8-18-16-6-11-5-15(16)14-3-1-2-13(11)14/h4,9,11,13-16,18H,1-3,5-6,8H2. The van der Waals surface area contributed by atoms with Gasteiger partial charge in [-0.15, -0.1) is 11.3 Å². The van der Waals surface area contributed by atoms with E-state index in [1.165, 1.54) is 37.0 Å². The molecule has 0 amide bonds. The van der Waals surface area contributed by atoms with Crippen molar-refractivity contribution in [3.8, 4) is 6.07 Å². The second-order valence-electron chi connectivity index (χ2n) is 6.55. The van der Waals surface area contributed by atoms with Gasteiger partial charge in [0.05, 0.1) is 5.56 Å². The monoisotopic (exact) mass is 272 g/mol. The Morgan fingerprint density at radius 2 is 2.16 bits per heavy atom. The first-order valence-electron chi connectivity index (χ1n) is 7.56. The molecular weight excluding hydrogens is 252 g/mol. The fraction of sp³-hybridized carbons (Fsp3) is 0.688. The molecule has 3 aliphatic carbocycles. The molecule has 1 aromatic rings. The van der Waals surface area contributed by atoms with Crippen LogP contribution >= 0.6 is 11.3 Å². The lowest BCUT2D eigenvalue weighted by atomic mass is 9.79. The van der Waals surface area contributed by atoms with E-state index in [1.807, 2.05) is 11.4 Å². The minimum Gasteiger partial charge on any atom is -0.309 e. The SMILES string of the molecule is N#Cc1csc(CNC2CC3CC2C2CCCC32)c1. The summed E-state index contributed by atoms with van der Waals surface area (Å²) in [4.78, 5) is 1.31. The Bertz CT molecular complexity index is 515. The first-order chi connectivity index (χ1) is 9.35. The Morgan fingerprint density at radius 3 is 3.00 bits per heavy atom. The molecule has 3 aliphatic rings. The zero-order valence-corrected chi connectivity index (χ0v) is 12.0. The summed E-state index contributed by atoms with van der Waals surface area (Å²) in [6, 6.07) is 4.99. The zero-order chi connectivity index (χ0) is 12.8. The average Bonchev–Trinajstić information content (AvgIpc) is 3.16. The van der Waals surface area contributed by atoms with E-state index in [9.17, 15) is 0 Å². The molecule has 2 bridgehead atoms. The molecule has 1 aromatic heterocycles. The summed E-state index contributed by atoms with van der Waals surface area (Å²) >= 11 is 1.71. The summed E-state index contributed by atoms with van der Waals surface area (Å²) in [5.74, 6) is 4.09. The smallest absolute Gasteiger partial charge is 0.100 e. The Hall–Kier alpha value is -0.850. The van der Waals surface area contributed by atoms with Crippen LogP contribution < -0.4 is 5.32 Å². The van der Waals surface area contributed by atoms with E-state index in [2.05, 4.69) is 11.4 Å². The topological polar surface area (TPSA) is 35.8 Å². The third-order valence-electron chi connectivity index (χ3n) is 5.75. The van der Waals surface area contributed by atoms with E-state index in [4.69, 9.17) is 5.26 Å². The van der Waals surface area contributed by atoms with Crippen molar-refractivity contribution < 1.29 is 0 Å². The summed E-state index contributed by atoms with van der Waals surface area (Å²) < 4.78 is 0. The quantitative estimate of drug-likeness (QED) is 0.913. The molecule has 0 spiro atoms. The lowest BCUT2D eigenvalue weighted by Crippen LogP contribution is -2.38. The highest BCUT2D eigenvalue weighted by Gasteiger charge is 2.53. The molecule has 0 radical (unpaired) electrons. The molecule has 3 saturated carbocycles. The zero-order valence-electron chi connectivity index (χ0n) is 11.1. The highest BCUT2D eigenvalue weighted by molar-refractivity contribution is 7.10. The molecule has 1 N–H and O–H groups in total. The largest absolute Gasteiger partial charge is 0.309 e. The number of rotatable bonds is 3. The van der Waals surface area contributed by atoms with Crippen molar-refractivity contribution in [1.29, 1.82) is 5.26 Å². The van der Waals surface area contributed by atoms with E-state index >= 15 is 0 Å². The molecule has 3 fully saturated rings. The molecule has 19 heavy (non-hydrogen) atoms. The minimum absolute atomic E-state index is 0.747. The fourth-order valence-corrected chi connectivity index (χ4v) is 5.83. The van der Waals surface area contributed by atoms with Gasteiger partial charge in [-0.3, -0.25) is 0 Å². The van der Waals surface area contributed by atoms with Crippen LogP contribution in [0.15, 0.2) is 11.4 Å².